The van der Waals surface area contributed by atoms with E-state index in [1.807, 2.05) is 6.08 Å². The van der Waals surface area contributed by atoms with Gasteiger partial charge in [0.1, 0.15) is 5.78 Å². The number of carbonyl (C=O) groups is 1. The van der Waals surface area contributed by atoms with Gasteiger partial charge in [0.05, 0.1) is 0 Å². The summed E-state index contributed by atoms with van der Waals surface area (Å²) >= 11 is 0. The summed E-state index contributed by atoms with van der Waals surface area (Å²) in [6, 6.07) is 0. The lowest BCUT2D eigenvalue weighted by Gasteiger charge is -1.83. The fourth-order valence-electron chi connectivity index (χ4n) is 0.534. The molecule has 0 aliphatic rings. The van der Waals surface area contributed by atoms with Crippen LogP contribution in [-0.4, -0.2) is 5.78 Å². The topological polar surface area (TPSA) is 17.1 Å². The molecule has 0 atom stereocenters. The van der Waals surface area contributed by atoms with E-state index in [9.17, 15) is 4.79 Å². The number of unbranched alkanes of at least 4 members (excludes halogenated alkanes) is 1. The minimum atomic E-state index is 0.238. The average Bonchev–Trinajstić information content (AvgIpc) is 1.80. The van der Waals surface area contributed by atoms with Crippen LogP contribution in [0.3, 0.4) is 0 Å². The lowest BCUT2D eigenvalue weighted by atomic mass is 10.2. The highest BCUT2D eigenvalue weighted by Gasteiger charge is 1.83. The first kappa shape index (κ1) is 8.41. The summed E-state index contributed by atoms with van der Waals surface area (Å²) in [6.07, 6.45) is 6.84. The van der Waals surface area contributed by atoms with Gasteiger partial charge in [-0.3, -0.25) is 4.79 Å². The van der Waals surface area contributed by atoms with Crippen molar-refractivity contribution in [2.75, 3.05) is 0 Å². The van der Waals surface area contributed by atoms with E-state index in [2.05, 4.69) is 13.0 Å². The molecule has 0 aliphatic carbocycles. The Balaban J connectivity index is 3.14. The first-order chi connectivity index (χ1) is 4.27. The molecule has 0 rings (SSSR count). The van der Waals surface area contributed by atoms with Gasteiger partial charge in [0.15, 0.2) is 0 Å². The number of allylic oxidation sites excluding steroid dienone is 2. The van der Waals surface area contributed by atoms with Crippen molar-refractivity contribution in [2.45, 2.75) is 33.1 Å². The Morgan fingerprint density at radius 3 is 2.56 bits per heavy atom. The van der Waals surface area contributed by atoms with Crippen molar-refractivity contribution in [3.63, 3.8) is 0 Å². The number of rotatable bonds is 4. The normalized spacial score (nSPS) is 10.4. The zero-order valence-corrected chi connectivity index (χ0v) is 6.18. The van der Waals surface area contributed by atoms with Gasteiger partial charge in [-0.2, -0.15) is 0 Å². The van der Waals surface area contributed by atoms with Gasteiger partial charge in [-0.05, 0) is 13.3 Å². The Labute approximate surface area is 56.8 Å². The van der Waals surface area contributed by atoms with Crippen LogP contribution in [0.2, 0.25) is 0 Å². The van der Waals surface area contributed by atoms with Gasteiger partial charge in [0.25, 0.3) is 0 Å². The molecule has 0 aromatic heterocycles. The van der Waals surface area contributed by atoms with E-state index in [0.717, 1.165) is 12.8 Å². The Hall–Kier alpha value is -0.590. The van der Waals surface area contributed by atoms with Gasteiger partial charge >= 0.3 is 0 Å². The third-order valence-electron chi connectivity index (χ3n) is 1.03. The van der Waals surface area contributed by atoms with Crippen LogP contribution in [0.4, 0.5) is 0 Å². The first-order valence-corrected chi connectivity index (χ1v) is 3.41. The van der Waals surface area contributed by atoms with Gasteiger partial charge in [-0.1, -0.05) is 25.5 Å². The Kier molecular flexibility index (Phi) is 5.18. The van der Waals surface area contributed by atoms with Crippen LogP contribution in [0.1, 0.15) is 33.1 Å². The predicted octanol–water partition coefficient (Wildman–Crippen LogP) is 2.32. The highest BCUT2D eigenvalue weighted by molar-refractivity contribution is 5.76. The Morgan fingerprint density at radius 2 is 2.11 bits per heavy atom. The molecule has 0 unspecified atom stereocenters. The summed E-state index contributed by atoms with van der Waals surface area (Å²) in [5.41, 5.74) is 0. The van der Waals surface area contributed by atoms with E-state index < -0.39 is 0 Å². The summed E-state index contributed by atoms with van der Waals surface area (Å²) in [6.45, 7) is 3.73. The molecule has 0 heterocycles. The third-order valence-corrected chi connectivity index (χ3v) is 1.03. The Morgan fingerprint density at radius 1 is 1.44 bits per heavy atom. The largest absolute Gasteiger partial charge is 0.300 e. The van der Waals surface area contributed by atoms with Crippen LogP contribution in [0.25, 0.3) is 0 Å². The molecule has 9 heavy (non-hydrogen) atoms. The maximum Gasteiger partial charge on any atom is 0.133 e. The summed E-state index contributed by atoms with van der Waals surface area (Å²) in [7, 11) is 0. The smallest absolute Gasteiger partial charge is 0.133 e. The first-order valence-electron chi connectivity index (χ1n) is 3.41. The van der Waals surface area contributed by atoms with Crippen molar-refractivity contribution < 1.29 is 4.79 Å². The maximum atomic E-state index is 10.4. The van der Waals surface area contributed by atoms with Crippen LogP contribution in [0.15, 0.2) is 12.2 Å². The number of carbonyl (C=O) groups excluding carboxylic acids is 1. The minimum Gasteiger partial charge on any atom is -0.300 e. The van der Waals surface area contributed by atoms with Crippen LogP contribution in [0.5, 0.6) is 0 Å². The van der Waals surface area contributed by atoms with Crippen molar-refractivity contribution in [1.82, 2.24) is 0 Å². The molecule has 0 radical (unpaired) electrons. The molecule has 0 aliphatic heterocycles. The number of Topliss-reactive ketones (excluding diaryl/α,β-unsaturated/α-hetero) is 1. The molecule has 0 aromatic carbocycles. The van der Waals surface area contributed by atoms with Gasteiger partial charge in [0, 0.05) is 6.42 Å². The third kappa shape index (κ3) is 7.41. The Bertz CT molecular complexity index is 103. The molecule has 0 spiro atoms. The molecule has 1 nitrogen and oxygen atoms in total. The summed E-state index contributed by atoms with van der Waals surface area (Å²) in [5, 5.41) is 0. The molecule has 52 valence electrons. The van der Waals surface area contributed by atoms with Gasteiger partial charge in [0.2, 0.25) is 0 Å². The van der Waals surface area contributed by atoms with E-state index in [1.54, 1.807) is 6.92 Å². The second kappa shape index (κ2) is 5.54. The SMILES string of the molecule is CCCC=CCC(C)=O. The van der Waals surface area contributed by atoms with Crippen LogP contribution >= 0.6 is 0 Å². The quantitative estimate of drug-likeness (QED) is 0.528. The fourth-order valence-corrected chi connectivity index (χ4v) is 0.534. The molecule has 1 heteroatoms. The van der Waals surface area contributed by atoms with Crippen molar-refractivity contribution in [1.29, 1.82) is 0 Å². The van der Waals surface area contributed by atoms with E-state index in [1.165, 1.54) is 0 Å². The van der Waals surface area contributed by atoms with Crippen molar-refractivity contribution in [3.8, 4) is 0 Å². The number of hydrogen-bond donors (Lipinski definition) is 0. The minimum absolute atomic E-state index is 0.238. The zero-order valence-electron chi connectivity index (χ0n) is 6.18. The molecule has 0 amide bonds. The van der Waals surface area contributed by atoms with Crippen molar-refractivity contribution >= 4 is 5.78 Å². The summed E-state index contributed by atoms with van der Waals surface area (Å²) in [5.74, 6) is 0.238. The van der Waals surface area contributed by atoms with E-state index in [-0.39, 0.29) is 5.78 Å². The molecule has 0 saturated heterocycles. The van der Waals surface area contributed by atoms with Crippen LogP contribution in [0, 0.1) is 0 Å². The van der Waals surface area contributed by atoms with E-state index in [4.69, 9.17) is 0 Å². The monoisotopic (exact) mass is 126 g/mol. The molecule has 0 bridgehead atoms. The second-order valence-electron chi connectivity index (χ2n) is 2.17. The van der Waals surface area contributed by atoms with Crippen molar-refractivity contribution in [2.24, 2.45) is 0 Å². The lowest BCUT2D eigenvalue weighted by Crippen LogP contribution is -1.83. The van der Waals surface area contributed by atoms with E-state index >= 15 is 0 Å². The average molecular weight is 126 g/mol. The van der Waals surface area contributed by atoms with Gasteiger partial charge in [-0.15, -0.1) is 0 Å². The molecule has 0 aromatic rings. The fraction of sp³-hybridized carbons (Fsp3) is 0.625. The molecule has 0 saturated carbocycles. The predicted molar refractivity (Wildman–Crippen MR) is 39.3 cm³/mol. The van der Waals surface area contributed by atoms with Gasteiger partial charge < -0.3 is 0 Å². The standard InChI is InChI=1S/C8H14O/c1-3-4-5-6-7-8(2)9/h5-6H,3-4,7H2,1-2H3. The molecular formula is C8H14O. The summed E-state index contributed by atoms with van der Waals surface area (Å²) in [4.78, 5) is 10.4. The lowest BCUT2D eigenvalue weighted by molar-refractivity contribution is -0.116. The van der Waals surface area contributed by atoms with E-state index in [0.29, 0.717) is 6.42 Å². The molecular weight excluding hydrogens is 112 g/mol. The summed E-state index contributed by atoms with van der Waals surface area (Å²) < 4.78 is 0. The molecule has 0 fully saturated rings. The second-order valence-corrected chi connectivity index (χ2v) is 2.17. The molecule has 0 N–H and O–H groups in total. The zero-order chi connectivity index (χ0) is 7.11. The maximum absolute atomic E-state index is 10.4. The highest BCUT2D eigenvalue weighted by Crippen LogP contribution is 1.91. The van der Waals surface area contributed by atoms with Crippen LogP contribution < -0.4 is 0 Å². The number of hydrogen-bond acceptors (Lipinski definition) is 1. The van der Waals surface area contributed by atoms with Crippen molar-refractivity contribution in [3.05, 3.63) is 12.2 Å². The number of ketones is 1. The van der Waals surface area contributed by atoms with Crippen LogP contribution in [-0.2, 0) is 4.79 Å². The van der Waals surface area contributed by atoms with Gasteiger partial charge in [-0.25, -0.2) is 0 Å². The highest BCUT2D eigenvalue weighted by atomic mass is 16.1.